The van der Waals surface area contributed by atoms with Gasteiger partial charge in [-0.15, -0.1) is 10.2 Å². The minimum absolute atomic E-state index is 0.000867. The predicted octanol–water partition coefficient (Wildman–Crippen LogP) is 3.01. The molecule has 1 saturated heterocycles. The van der Waals surface area contributed by atoms with Crippen LogP contribution in [0.15, 0.2) is 53.2 Å². The van der Waals surface area contributed by atoms with E-state index in [9.17, 15) is 4.79 Å². The van der Waals surface area contributed by atoms with Crippen LogP contribution in [-0.2, 0) is 0 Å². The molecule has 0 N–H and O–H groups in total. The fourth-order valence-corrected chi connectivity index (χ4v) is 3.50. The van der Waals surface area contributed by atoms with Crippen molar-refractivity contribution in [3.05, 3.63) is 66.1 Å². The first-order chi connectivity index (χ1) is 14.2. The van der Waals surface area contributed by atoms with E-state index >= 15 is 0 Å². The fourth-order valence-electron chi connectivity index (χ4n) is 3.50. The number of hydrogen-bond donors (Lipinski definition) is 0. The quantitative estimate of drug-likeness (QED) is 0.534. The van der Waals surface area contributed by atoms with E-state index in [1.807, 2.05) is 37.3 Å². The van der Waals surface area contributed by atoms with E-state index in [-0.39, 0.29) is 11.8 Å². The van der Waals surface area contributed by atoms with Crippen LogP contribution in [0.3, 0.4) is 0 Å². The lowest BCUT2D eigenvalue weighted by Crippen LogP contribution is -2.29. The molecule has 29 heavy (non-hydrogen) atoms. The van der Waals surface area contributed by atoms with E-state index in [1.54, 1.807) is 23.4 Å². The largest absolute Gasteiger partial charge is 0.419 e. The molecule has 3 aromatic heterocycles. The summed E-state index contributed by atoms with van der Waals surface area (Å²) in [5.74, 6) is 0.777. The minimum Gasteiger partial charge on any atom is -0.419 e. The lowest BCUT2D eigenvalue weighted by molar-refractivity contribution is 0.0784. The summed E-state index contributed by atoms with van der Waals surface area (Å²) in [6.45, 7) is 3.01. The van der Waals surface area contributed by atoms with E-state index < -0.39 is 0 Å². The second-order valence-electron chi connectivity index (χ2n) is 7.11. The van der Waals surface area contributed by atoms with Crippen molar-refractivity contribution < 1.29 is 9.21 Å². The predicted molar refractivity (Wildman–Crippen MR) is 105 cm³/mol. The van der Waals surface area contributed by atoms with Gasteiger partial charge in [0.15, 0.2) is 0 Å². The first kappa shape index (κ1) is 17.4. The molecule has 1 amide bonds. The average molecular weight is 386 g/mol. The standard InChI is InChI=1S/C21H18N6O2/c1-13-10-23-18(11-22-13)20-26-25-19(29-20)15-8-9-27(12-15)21(28)17-7-6-14-4-2-3-5-16(14)24-17/h2-7,10-11,15H,8-9,12H2,1H3. The van der Waals surface area contributed by atoms with Crippen molar-refractivity contribution in [1.82, 2.24) is 30.0 Å². The van der Waals surface area contributed by atoms with Gasteiger partial charge >= 0.3 is 0 Å². The van der Waals surface area contributed by atoms with Crippen LogP contribution in [0.5, 0.6) is 0 Å². The number of nitrogens with zero attached hydrogens (tertiary/aromatic N) is 6. The molecule has 0 saturated carbocycles. The van der Waals surface area contributed by atoms with Crippen LogP contribution >= 0.6 is 0 Å². The number of carbonyl (C=O) groups excluding carboxylic acids is 1. The molecule has 1 aromatic carbocycles. The molecule has 0 aliphatic carbocycles. The van der Waals surface area contributed by atoms with Crippen LogP contribution in [0.2, 0.25) is 0 Å². The summed E-state index contributed by atoms with van der Waals surface area (Å²) in [5, 5.41) is 9.27. The first-order valence-electron chi connectivity index (χ1n) is 9.45. The van der Waals surface area contributed by atoms with E-state index in [2.05, 4.69) is 25.1 Å². The van der Waals surface area contributed by atoms with Crippen molar-refractivity contribution >= 4 is 16.8 Å². The zero-order valence-corrected chi connectivity index (χ0v) is 15.8. The van der Waals surface area contributed by atoms with Gasteiger partial charge in [0.2, 0.25) is 5.89 Å². The number of benzene rings is 1. The molecule has 0 radical (unpaired) electrons. The fraction of sp³-hybridized carbons (Fsp3) is 0.238. The van der Waals surface area contributed by atoms with Gasteiger partial charge in [0.25, 0.3) is 11.8 Å². The Morgan fingerprint density at radius 1 is 1.10 bits per heavy atom. The Hall–Kier alpha value is -3.68. The molecule has 4 aromatic rings. The maximum absolute atomic E-state index is 12.9. The van der Waals surface area contributed by atoms with Crippen molar-refractivity contribution in [2.45, 2.75) is 19.3 Å². The van der Waals surface area contributed by atoms with Gasteiger partial charge in [-0.05, 0) is 25.5 Å². The molecule has 1 aliphatic rings. The van der Waals surface area contributed by atoms with Gasteiger partial charge in [-0.2, -0.15) is 0 Å². The Kier molecular flexibility index (Phi) is 4.23. The number of likely N-dealkylation sites (tertiary alicyclic amines) is 1. The third-order valence-corrected chi connectivity index (χ3v) is 5.08. The maximum atomic E-state index is 12.9. The number of hydrogen-bond acceptors (Lipinski definition) is 7. The molecule has 1 atom stereocenters. The normalized spacial score (nSPS) is 16.4. The topological polar surface area (TPSA) is 97.9 Å². The summed E-state index contributed by atoms with van der Waals surface area (Å²) in [6, 6.07) is 11.5. The smallest absolute Gasteiger partial charge is 0.272 e. The highest BCUT2D eigenvalue weighted by molar-refractivity contribution is 5.95. The van der Waals surface area contributed by atoms with Crippen molar-refractivity contribution in [2.24, 2.45) is 0 Å². The second kappa shape index (κ2) is 7.05. The van der Waals surface area contributed by atoms with Crippen molar-refractivity contribution in [3.8, 4) is 11.6 Å². The minimum atomic E-state index is -0.0811. The number of para-hydroxylation sites is 1. The average Bonchev–Trinajstić information content (AvgIpc) is 3.43. The van der Waals surface area contributed by atoms with Crippen LogP contribution in [0.25, 0.3) is 22.5 Å². The van der Waals surface area contributed by atoms with Crippen molar-refractivity contribution in [3.63, 3.8) is 0 Å². The second-order valence-corrected chi connectivity index (χ2v) is 7.11. The molecule has 1 fully saturated rings. The number of pyridine rings is 1. The molecule has 144 valence electrons. The SMILES string of the molecule is Cc1cnc(-c2nnc(C3CCN(C(=O)c4ccc5ccccc5n4)C3)o2)cn1. The van der Waals surface area contributed by atoms with Gasteiger partial charge in [-0.1, -0.05) is 24.3 Å². The summed E-state index contributed by atoms with van der Waals surface area (Å²) in [5.41, 5.74) is 2.63. The third kappa shape index (κ3) is 3.33. The Morgan fingerprint density at radius 2 is 2.00 bits per heavy atom. The third-order valence-electron chi connectivity index (χ3n) is 5.08. The number of aromatic nitrogens is 5. The molecule has 4 heterocycles. The van der Waals surface area contributed by atoms with Crippen LogP contribution < -0.4 is 0 Å². The van der Waals surface area contributed by atoms with Crippen LogP contribution in [0.4, 0.5) is 0 Å². The first-order valence-corrected chi connectivity index (χ1v) is 9.45. The van der Waals surface area contributed by atoms with E-state index in [1.165, 1.54) is 0 Å². The lowest BCUT2D eigenvalue weighted by atomic mass is 10.1. The molecular weight excluding hydrogens is 368 g/mol. The van der Waals surface area contributed by atoms with Crippen LogP contribution in [0.1, 0.15) is 34.4 Å². The van der Waals surface area contributed by atoms with E-state index in [0.717, 1.165) is 23.0 Å². The molecule has 8 nitrogen and oxygen atoms in total. The molecule has 0 spiro atoms. The lowest BCUT2D eigenvalue weighted by Gasteiger charge is -2.15. The molecule has 1 aliphatic heterocycles. The van der Waals surface area contributed by atoms with Gasteiger partial charge in [-0.25, -0.2) is 9.97 Å². The van der Waals surface area contributed by atoms with Gasteiger partial charge in [0.05, 0.1) is 23.3 Å². The molecule has 1 unspecified atom stereocenters. The van der Waals surface area contributed by atoms with Gasteiger partial charge in [-0.3, -0.25) is 9.78 Å². The highest BCUT2D eigenvalue weighted by Crippen LogP contribution is 2.29. The molecule has 8 heteroatoms. The number of carbonyl (C=O) groups is 1. The Labute approximate surface area is 166 Å². The zero-order valence-electron chi connectivity index (χ0n) is 15.8. The number of aryl methyl sites for hydroxylation is 1. The van der Waals surface area contributed by atoms with Crippen LogP contribution in [-0.4, -0.2) is 49.0 Å². The van der Waals surface area contributed by atoms with Gasteiger partial charge in [0.1, 0.15) is 11.4 Å². The summed E-state index contributed by atoms with van der Waals surface area (Å²) >= 11 is 0. The molecule has 5 rings (SSSR count). The van der Waals surface area contributed by atoms with Crippen LogP contribution in [0, 0.1) is 6.92 Å². The van der Waals surface area contributed by atoms with Gasteiger partial charge < -0.3 is 9.32 Å². The number of fused-ring (bicyclic) bond motifs is 1. The Balaban J connectivity index is 1.32. The summed E-state index contributed by atoms with van der Waals surface area (Å²) in [7, 11) is 0. The highest BCUT2D eigenvalue weighted by Gasteiger charge is 2.32. The van der Waals surface area contributed by atoms with Crippen molar-refractivity contribution in [1.29, 1.82) is 0 Å². The monoisotopic (exact) mass is 386 g/mol. The van der Waals surface area contributed by atoms with Crippen molar-refractivity contribution in [2.75, 3.05) is 13.1 Å². The highest BCUT2D eigenvalue weighted by atomic mass is 16.4. The molecule has 0 bridgehead atoms. The maximum Gasteiger partial charge on any atom is 0.272 e. The van der Waals surface area contributed by atoms with Gasteiger partial charge in [0, 0.05) is 24.7 Å². The summed E-state index contributed by atoms with van der Waals surface area (Å²) < 4.78 is 5.81. The summed E-state index contributed by atoms with van der Waals surface area (Å²) in [4.78, 5) is 27.7. The Bertz CT molecular complexity index is 1190. The summed E-state index contributed by atoms with van der Waals surface area (Å²) in [6.07, 6.45) is 4.04. The van der Waals surface area contributed by atoms with E-state index in [0.29, 0.717) is 36.3 Å². The number of rotatable bonds is 3. The number of amides is 1. The molecular formula is C21H18N6O2. The zero-order chi connectivity index (χ0) is 19.8. The van der Waals surface area contributed by atoms with E-state index in [4.69, 9.17) is 4.42 Å². The Morgan fingerprint density at radius 3 is 2.86 bits per heavy atom.